The van der Waals surface area contributed by atoms with Crippen LogP contribution in [0.5, 0.6) is 5.75 Å². The number of nitrogens with one attached hydrogen (secondary N) is 2. The molecule has 2 aliphatic rings. The van der Waals surface area contributed by atoms with E-state index in [1.54, 1.807) is 36.9 Å². The fraction of sp³-hybridized carbons (Fsp3) is 0.562. The summed E-state index contributed by atoms with van der Waals surface area (Å²) in [7, 11) is 0. The number of fused-ring (bicyclic) bond motifs is 1. The quantitative estimate of drug-likeness (QED) is 0.327. The number of rotatable bonds is 9. The summed E-state index contributed by atoms with van der Waals surface area (Å²) in [6.45, 7) is 8.76. The number of piperidine rings is 1. The number of aliphatic hydroxyl groups excluding tert-OH is 1. The van der Waals surface area contributed by atoms with Crippen LogP contribution >= 0.6 is 11.8 Å². The van der Waals surface area contributed by atoms with Gasteiger partial charge in [0.1, 0.15) is 5.75 Å². The molecular formula is C32H45N3O4S. The highest BCUT2D eigenvalue weighted by Gasteiger charge is 2.41. The van der Waals surface area contributed by atoms with Crippen LogP contribution in [0.1, 0.15) is 68.8 Å². The van der Waals surface area contributed by atoms with Crippen LogP contribution in [-0.4, -0.2) is 69.5 Å². The van der Waals surface area contributed by atoms with E-state index in [2.05, 4.69) is 15.5 Å². The Kier molecular flexibility index (Phi) is 10.2. The van der Waals surface area contributed by atoms with Gasteiger partial charge in [-0.1, -0.05) is 43.5 Å². The molecule has 4 rings (SSSR count). The lowest BCUT2D eigenvalue weighted by Crippen LogP contribution is -2.60. The molecule has 2 fully saturated rings. The average Bonchev–Trinajstić information content (AvgIpc) is 2.91. The summed E-state index contributed by atoms with van der Waals surface area (Å²) in [5.74, 6) is 1.27. The van der Waals surface area contributed by atoms with E-state index >= 15 is 0 Å². The van der Waals surface area contributed by atoms with Crippen molar-refractivity contribution < 1.29 is 19.8 Å². The van der Waals surface area contributed by atoms with Crippen molar-refractivity contribution in [2.75, 3.05) is 18.8 Å². The molecule has 2 aromatic rings. The minimum Gasteiger partial charge on any atom is -0.508 e. The number of nitrogens with zero attached hydrogens (tertiary/aromatic N) is 1. The van der Waals surface area contributed by atoms with E-state index in [0.717, 1.165) is 30.7 Å². The topological polar surface area (TPSA) is 102 Å². The molecule has 1 heterocycles. The number of hydrogen-bond acceptors (Lipinski definition) is 6. The van der Waals surface area contributed by atoms with Crippen molar-refractivity contribution in [3.8, 4) is 5.75 Å². The molecule has 2 aromatic carbocycles. The smallest absolute Gasteiger partial charge is 0.252 e. The Morgan fingerprint density at radius 2 is 1.75 bits per heavy atom. The van der Waals surface area contributed by atoms with Gasteiger partial charge in [-0.25, -0.2) is 0 Å². The minimum atomic E-state index is -0.886. The maximum absolute atomic E-state index is 13.5. The summed E-state index contributed by atoms with van der Waals surface area (Å²) in [6, 6.07) is 13.9. The van der Waals surface area contributed by atoms with Crippen molar-refractivity contribution >= 4 is 23.6 Å². The highest BCUT2D eigenvalue weighted by atomic mass is 32.2. The van der Waals surface area contributed by atoms with Crippen molar-refractivity contribution in [2.45, 2.75) is 88.4 Å². The second-order valence-electron chi connectivity index (χ2n) is 12.5. The zero-order valence-corrected chi connectivity index (χ0v) is 25.0. The molecule has 2 unspecified atom stereocenters. The van der Waals surface area contributed by atoms with Gasteiger partial charge in [-0.15, -0.1) is 11.8 Å². The molecule has 1 aliphatic heterocycles. The largest absolute Gasteiger partial charge is 0.508 e. The molecule has 0 spiro atoms. The van der Waals surface area contributed by atoms with Crippen LogP contribution in [0.2, 0.25) is 0 Å². The molecule has 40 heavy (non-hydrogen) atoms. The summed E-state index contributed by atoms with van der Waals surface area (Å²) in [5.41, 5.74) is 0.543. The van der Waals surface area contributed by atoms with E-state index < -0.39 is 12.1 Å². The number of hydrogen-bond donors (Lipinski definition) is 4. The predicted octanol–water partition coefficient (Wildman–Crippen LogP) is 4.75. The van der Waals surface area contributed by atoms with Crippen LogP contribution in [0.15, 0.2) is 53.4 Å². The Bertz CT molecular complexity index is 1150. The zero-order chi connectivity index (χ0) is 28.9. The Labute approximate surface area is 243 Å². The van der Waals surface area contributed by atoms with E-state index in [1.165, 1.54) is 12.8 Å². The standard InChI is InChI=1S/C32H45N3O4S/c1-21-25(15-10-16-28(21)36)30(38)33-26(20-40-24-13-6-5-7-14-24)29(37)19-35-18-23-12-9-8-11-22(23)17-27(35)31(39)34-32(2,3)4/h5-7,10,13-16,22-23,26-27,29,36-37H,8-9,11-12,17-20H2,1-4H3,(H,33,38)(H,34,39)/t22?,23?,26-,27+,29-/m1/s1. The number of phenolic OH excluding ortho intramolecular Hbond substituents is 1. The lowest BCUT2D eigenvalue weighted by molar-refractivity contribution is -0.132. The van der Waals surface area contributed by atoms with Gasteiger partial charge < -0.3 is 20.8 Å². The number of aliphatic hydroxyl groups is 1. The van der Waals surface area contributed by atoms with Crippen LogP contribution in [0.4, 0.5) is 0 Å². The maximum atomic E-state index is 13.5. The number of β-amino-alcohol motifs (C(OH)–C–C–N with tert-alkyl or cyclic N) is 1. The summed E-state index contributed by atoms with van der Waals surface area (Å²) >= 11 is 1.57. The van der Waals surface area contributed by atoms with Crippen molar-refractivity contribution in [3.05, 3.63) is 59.7 Å². The number of amides is 2. The fourth-order valence-corrected chi connectivity index (χ4v) is 7.09. The Morgan fingerprint density at radius 1 is 1.05 bits per heavy atom. The van der Waals surface area contributed by atoms with Crippen molar-refractivity contribution in [2.24, 2.45) is 11.8 Å². The predicted molar refractivity (Wildman–Crippen MR) is 161 cm³/mol. The van der Waals surface area contributed by atoms with Crippen molar-refractivity contribution in [3.63, 3.8) is 0 Å². The van der Waals surface area contributed by atoms with Crippen LogP contribution in [0.25, 0.3) is 0 Å². The molecule has 8 heteroatoms. The molecule has 0 radical (unpaired) electrons. The molecule has 0 bridgehead atoms. The zero-order valence-electron chi connectivity index (χ0n) is 24.2. The summed E-state index contributed by atoms with van der Waals surface area (Å²) in [5, 5.41) is 28.0. The van der Waals surface area contributed by atoms with Crippen LogP contribution in [0.3, 0.4) is 0 Å². The SMILES string of the molecule is Cc1c(O)cccc1C(=O)N[C@H](CSc1ccccc1)[C@H](O)CN1CC2CCCCC2C[C@H]1C(=O)NC(C)(C)C. The number of likely N-dealkylation sites (tertiary alicyclic amines) is 1. The van der Waals surface area contributed by atoms with E-state index in [1.807, 2.05) is 51.1 Å². The van der Waals surface area contributed by atoms with Gasteiger partial charge in [0, 0.05) is 40.4 Å². The molecule has 7 nitrogen and oxygen atoms in total. The third-order valence-corrected chi connectivity index (χ3v) is 9.36. The molecule has 1 aliphatic carbocycles. The first-order valence-corrected chi connectivity index (χ1v) is 15.5. The van der Waals surface area contributed by atoms with Gasteiger partial charge in [0.25, 0.3) is 5.91 Å². The average molecular weight is 568 g/mol. The van der Waals surface area contributed by atoms with Crippen LogP contribution < -0.4 is 10.6 Å². The van der Waals surface area contributed by atoms with Crippen molar-refractivity contribution in [1.82, 2.24) is 15.5 Å². The van der Waals surface area contributed by atoms with E-state index in [9.17, 15) is 19.8 Å². The number of aromatic hydroxyl groups is 1. The molecular weight excluding hydrogens is 522 g/mol. The number of phenols is 1. The Hall–Kier alpha value is -2.55. The molecule has 1 saturated heterocycles. The monoisotopic (exact) mass is 567 g/mol. The Morgan fingerprint density at radius 3 is 2.45 bits per heavy atom. The van der Waals surface area contributed by atoms with Gasteiger partial charge in [0.15, 0.2) is 0 Å². The molecule has 5 atom stereocenters. The third-order valence-electron chi connectivity index (χ3n) is 8.23. The number of thioether (sulfide) groups is 1. The lowest BCUT2D eigenvalue weighted by Gasteiger charge is -2.47. The number of carbonyl (C=O) groups is 2. The highest BCUT2D eigenvalue weighted by Crippen LogP contribution is 2.39. The van der Waals surface area contributed by atoms with Gasteiger partial charge in [-0.05, 0) is 76.6 Å². The first kappa shape index (κ1) is 30.4. The second kappa shape index (κ2) is 13.4. The summed E-state index contributed by atoms with van der Waals surface area (Å²) in [6.07, 6.45) is 4.67. The first-order valence-electron chi connectivity index (χ1n) is 14.5. The van der Waals surface area contributed by atoms with E-state index in [0.29, 0.717) is 35.3 Å². The van der Waals surface area contributed by atoms with Gasteiger partial charge in [0.2, 0.25) is 5.91 Å². The molecule has 2 amide bonds. The molecule has 0 aromatic heterocycles. The lowest BCUT2D eigenvalue weighted by atomic mass is 9.72. The van der Waals surface area contributed by atoms with Crippen molar-refractivity contribution in [1.29, 1.82) is 0 Å². The molecule has 218 valence electrons. The van der Waals surface area contributed by atoms with Gasteiger partial charge in [0.05, 0.1) is 18.2 Å². The molecule has 4 N–H and O–H groups in total. The van der Waals surface area contributed by atoms with Gasteiger partial charge in [-0.2, -0.15) is 0 Å². The van der Waals surface area contributed by atoms with E-state index in [4.69, 9.17) is 0 Å². The van der Waals surface area contributed by atoms with Crippen LogP contribution in [0, 0.1) is 18.8 Å². The highest BCUT2D eigenvalue weighted by molar-refractivity contribution is 7.99. The Balaban J connectivity index is 1.54. The van der Waals surface area contributed by atoms with Gasteiger partial charge >= 0.3 is 0 Å². The number of benzene rings is 2. The second-order valence-corrected chi connectivity index (χ2v) is 13.6. The maximum Gasteiger partial charge on any atom is 0.252 e. The number of carbonyl (C=O) groups excluding carboxylic acids is 2. The van der Waals surface area contributed by atoms with Gasteiger partial charge in [-0.3, -0.25) is 14.5 Å². The van der Waals surface area contributed by atoms with Crippen LogP contribution in [-0.2, 0) is 4.79 Å². The normalized spacial score (nSPS) is 23.1. The molecule has 1 saturated carbocycles. The summed E-state index contributed by atoms with van der Waals surface area (Å²) in [4.78, 5) is 30.0. The third kappa shape index (κ3) is 8.02. The van der Waals surface area contributed by atoms with E-state index in [-0.39, 0.29) is 29.1 Å². The fourth-order valence-electron chi connectivity index (χ4n) is 6.06. The first-order chi connectivity index (χ1) is 19.0. The minimum absolute atomic E-state index is 0.0124. The summed E-state index contributed by atoms with van der Waals surface area (Å²) < 4.78 is 0.